The van der Waals surface area contributed by atoms with Crippen LogP contribution in [-0.4, -0.2) is 42.6 Å². The fourth-order valence-electron chi connectivity index (χ4n) is 3.28. The van der Waals surface area contributed by atoms with Crippen LogP contribution < -0.4 is 9.47 Å². The number of fused-ring (bicyclic) bond motifs is 1. The van der Waals surface area contributed by atoms with Crippen LogP contribution in [0, 0.1) is 6.92 Å². The fraction of sp³-hybridized carbons (Fsp3) is 0.500. The predicted molar refractivity (Wildman–Crippen MR) is 136 cm³/mol. The third-order valence-corrected chi connectivity index (χ3v) is 12.1. The second-order valence-corrected chi connectivity index (χ2v) is 16.4. The highest BCUT2D eigenvalue weighted by atomic mass is 32.2. The lowest BCUT2D eigenvalue weighted by Crippen LogP contribution is -2.44. The highest BCUT2D eigenvalue weighted by Crippen LogP contribution is 2.42. The van der Waals surface area contributed by atoms with Gasteiger partial charge in [-0.25, -0.2) is 0 Å². The fourth-order valence-corrected chi connectivity index (χ4v) is 5.49. The maximum atomic E-state index is 12.8. The predicted octanol–water partition coefficient (Wildman–Crippen LogP) is 5.91. The molecule has 0 aliphatic carbocycles. The van der Waals surface area contributed by atoms with Gasteiger partial charge in [0.15, 0.2) is 19.8 Å². The summed E-state index contributed by atoms with van der Waals surface area (Å²) in [5.74, 6) is 1.18. The molecule has 35 heavy (non-hydrogen) atoms. The van der Waals surface area contributed by atoms with Crippen LogP contribution in [0.4, 0.5) is 0 Å². The van der Waals surface area contributed by atoms with Gasteiger partial charge in [0.05, 0.1) is 23.6 Å². The van der Waals surface area contributed by atoms with E-state index in [2.05, 4.69) is 43.9 Å². The van der Waals surface area contributed by atoms with Crippen molar-refractivity contribution in [3.63, 3.8) is 0 Å². The van der Waals surface area contributed by atoms with E-state index in [0.717, 1.165) is 5.56 Å². The number of nitrogens with zero attached hydrogens (tertiary/aromatic N) is 3. The third kappa shape index (κ3) is 6.56. The number of ether oxygens (including phenoxy) is 2. The van der Waals surface area contributed by atoms with E-state index in [1.54, 1.807) is 24.3 Å². The normalized spacial score (nSPS) is 15.7. The number of rotatable bonds is 9. The Balaban J connectivity index is 1.96. The molecule has 0 fully saturated rings. The highest BCUT2D eigenvalue weighted by Gasteiger charge is 2.41. The zero-order valence-electron chi connectivity index (χ0n) is 21.0. The van der Waals surface area contributed by atoms with E-state index < -0.39 is 30.6 Å². The first-order chi connectivity index (χ1) is 16.3. The van der Waals surface area contributed by atoms with Crippen molar-refractivity contribution < 1.29 is 26.5 Å². The van der Waals surface area contributed by atoms with Gasteiger partial charge in [0.1, 0.15) is 13.2 Å². The summed E-state index contributed by atoms with van der Waals surface area (Å²) < 4.78 is 49.1. The largest absolute Gasteiger partial charge is 0.486 e. The molecular formula is C24H33N3O6SSi. The topological polar surface area (TPSA) is 120 Å². The summed E-state index contributed by atoms with van der Waals surface area (Å²) in [5, 5.41) is 3.76. The van der Waals surface area contributed by atoms with Crippen LogP contribution >= 0.6 is 0 Å². The maximum Gasteiger partial charge on any atom is 0.296 e. The number of aryl methyl sites for hydroxylation is 1. The Labute approximate surface area is 208 Å². The monoisotopic (exact) mass is 519 g/mol. The van der Waals surface area contributed by atoms with Crippen LogP contribution in [0.3, 0.4) is 0 Å². The van der Waals surface area contributed by atoms with Crippen molar-refractivity contribution >= 4 is 18.4 Å². The van der Waals surface area contributed by atoms with Gasteiger partial charge in [0.25, 0.3) is 10.1 Å². The molecule has 0 saturated carbocycles. The molecule has 0 amide bonds. The first-order valence-electron chi connectivity index (χ1n) is 11.4. The summed E-state index contributed by atoms with van der Waals surface area (Å²) in [6, 6.07) is 10.8. The van der Waals surface area contributed by atoms with Gasteiger partial charge in [-0.3, -0.25) is 4.18 Å². The van der Waals surface area contributed by atoms with Crippen LogP contribution in [0.5, 0.6) is 11.5 Å². The number of hydrogen-bond donors (Lipinski definition) is 0. The molecule has 0 aromatic heterocycles. The summed E-state index contributed by atoms with van der Waals surface area (Å²) in [5.41, 5.74) is 10.9. The average Bonchev–Trinajstić information content (AvgIpc) is 2.79. The zero-order valence-corrected chi connectivity index (χ0v) is 22.8. The average molecular weight is 520 g/mol. The summed E-state index contributed by atoms with van der Waals surface area (Å²) >= 11 is 0. The second-order valence-electron chi connectivity index (χ2n) is 10.0. The lowest BCUT2D eigenvalue weighted by atomic mass is 10.0. The molecule has 190 valence electrons. The molecule has 1 aliphatic heterocycles. The van der Waals surface area contributed by atoms with E-state index in [1.165, 1.54) is 12.1 Å². The van der Waals surface area contributed by atoms with Crippen molar-refractivity contribution in [2.24, 2.45) is 5.11 Å². The van der Waals surface area contributed by atoms with Gasteiger partial charge in [-0.05, 0) is 60.4 Å². The van der Waals surface area contributed by atoms with Crippen molar-refractivity contribution in [3.05, 3.63) is 64.0 Å². The van der Waals surface area contributed by atoms with Gasteiger partial charge in [-0.2, -0.15) is 8.42 Å². The first kappa shape index (κ1) is 27.0. The molecule has 1 aliphatic rings. The zero-order chi connectivity index (χ0) is 25.9. The van der Waals surface area contributed by atoms with Gasteiger partial charge in [0, 0.05) is 4.91 Å². The molecule has 2 unspecified atom stereocenters. The molecule has 9 nitrogen and oxygen atoms in total. The minimum Gasteiger partial charge on any atom is -0.486 e. The van der Waals surface area contributed by atoms with Gasteiger partial charge in [-0.1, -0.05) is 49.6 Å². The van der Waals surface area contributed by atoms with Crippen molar-refractivity contribution in [2.45, 2.75) is 62.9 Å². The van der Waals surface area contributed by atoms with E-state index in [0.29, 0.717) is 30.3 Å². The molecule has 0 radical (unpaired) electrons. The van der Waals surface area contributed by atoms with Gasteiger partial charge >= 0.3 is 0 Å². The van der Waals surface area contributed by atoms with Crippen LogP contribution in [0.25, 0.3) is 10.4 Å². The third-order valence-electron chi connectivity index (χ3n) is 6.38. The van der Waals surface area contributed by atoms with Crippen LogP contribution in [0.2, 0.25) is 18.1 Å². The van der Waals surface area contributed by atoms with Crippen molar-refractivity contribution in [1.29, 1.82) is 0 Å². The Morgan fingerprint density at radius 2 is 1.71 bits per heavy atom. The molecule has 2 aromatic carbocycles. The van der Waals surface area contributed by atoms with E-state index in [4.69, 9.17) is 18.1 Å². The van der Waals surface area contributed by atoms with E-state index in [1.807, 2.05) is 13.0 Å². The molecule has 0 bridgehead atoms. The van der Waals surface area contributed by atoms with Gasteiger partial charge in [-0.15, -0.1) is 0 Å². The smallest absolute Gasteiger partial charge is 0.296 e. The summed E-state index contributed by atoms with van der Waals surface area (Å²) in [6.07, 6.45) is -0.754. The molecule has 0 saturated heterocycles. The second kappa shape index (κ2) is 10.6. The molecule has 2 aromatic rings. The molecule has 11 heteroatoms. The molecule has 0 spiro atoms. The maximum absolute atomic E-state index is 12.8. The quantitative estimate of drug-likeness (QED) is 0.133. The van der Waals surface area contributed by atoms with Crippen molar-refractivity contribution in [3.8, 4) is 11.5 Å². The molecule has 0 N–H and O–H groups in total. The standard InChI is InChI=1S/C24H33N3O6SSi/c1-17-7-10-19(11-8-17)34(28,29)32-16-20(26-27-25)23(33-35(5,6)24(2,3)4)18-9-12-21-22(15-18)31-14-13-30-21/h7-12,15,20,23H,13-14,16H2,1-6H3. The van der Waals surface area contributed by atoms with Gasteiger partial charge in [0.2, 0.25) is 0 Å². The Morgan fingerprint density at radius 3 is 2.31 bits per heavy atom. The van der Waals surface area contributed by atoms with Gasteiger partial charge < -0.3 is 13.9 Å². The summed E-state index contributed by atoms with van der Waals surface area (Å²) in [6.45, 7) is 12.8. The van der Waals surface area contributed by atoms with Crippen LogP contribution in [0.15, 0.2) is 52.5 Å². The molecule has 3 rings (SSSR count). The molecule has 2 atom stereocenters. The first-order valence-corrected chi connectivity index (χ1v) is 15.7. The minimum absolute atomic E-state index is 0.0315. The lowest BCUT2D eigenvalue weighted by Gasteiger charge is -2.41. The summed E-state index contributed by atoms with van der Waals surface area (Å²) in [4.78, 5) is 3.01. The Hall–Kier alpha value is -2.56. The van der Waals surface area contributed by atoms with E-state index in [9.17, 15) is 13.9 Å². The minimum atomic E-state index is -4.06. The Morgan fingerprint density at radius 1 is 1.09 bits per heavy atom. The Bertz CT molecular complexity index is 1190. The SMILES string of the molecule is Cc1ccc(S(=O)(=O)OCC(N=[N+]=[N-])C(O[Si](C)(C)C(C)(C)C)c2ccc3c(c2)OCCO3)cc1. The van der Waals surface area contributed by atoms with Crippen molar-refractivity contribution in [2.75, 3.05) is 19.8 Å². The van der Waals surface area contributed by atoms with E-state index >= 15 is 0 Å². The highest BCUT2D eigenvalue weighted by molar-refractivity contribution is 7.86. The summed E-state index contributed by atoms with van der Waals surface area (Å²) in [7, 11) is -6.45. The van der Waals surface area contributed by atoms with Crippen molar-refractivity contribution in [1.82, 2.24) is 0 Å². The lowest BCUT2D eigenvalue weighted by molar-refractivity contribution is 0.124. The number of benzene rings is 2. The molecule has 1 heterocycles. The van der Waals surface area contributed by atoms with Crippen LogP contribution in [-0.2, 0) is 18.7 Å². The number of azide groups is 1. The van der Waals surface area contributed by atoms with E-state index in [-0.39, 0.29) is 16.5 Å². The molecular weight excluding hydrogens is 486 g/mol. The number of hydrogen-bond acceptors (Lipinski definition) is 7. The van der Waals surface area contributed by atoms with Crippen LogP contribution in [0.1, 0.15) is 38.0 Å². The Kier molecular flexibility index (Phi) is 8.18.